The van der Waals surface area contributed by atoms with Gasteiger partial charge in [0, 0.05) is 13.6 Å². The molecule has 20 heavy (non-hydrogen) atoms. The van der Waals surface area contributed by atoms with Gasteiger partial charge in [0.1, 0.15) is 5.75 Å². The third-order valence-electron chi connectivity index (χ3n) is 3.13. The van der Waals surface area contributed by atoms with Gasteiger partial charge in [-0.1, -0.05) is 33.6 Å². The highest BCUT2D eigenvalue weighted by atomic mass is 127. The van der Waals surface area contributed by atoms with Crippen LogP contribution < -0.4 is 16.0 Å². The Morgan fingerprint density at radius 1 is 1.20 bits per heavy atom. The molecule has 0 bridgehead atoms. The summed E-state index contributed by atoms with van der Waals surface area (Å²) < 4.78 is 7.64. The number of hydrogen-bond acceptors (Lipinski definition) is 3. The molecule has 0 saturated heterocycles. The van der Waals surface area contributed by atoms with E-state index in [0.29, 0.717) is 0 Å². The zero-order chi connectivity index (χ0) is 14.7. The van der Waals surface area contributed by atoms with Crippen molar-refractivity contribution in [3.05, 3.63) is 61.1 Å². The highest BCUT2D eigenvalue weighted by Crippen LogP contribution is 2.33. The smallest absolute Gasteiger partial charge is 0.124 e. The lowest BCUT2D eigenvalue weighted by atomic mass is 9.97. The van der Waals surface area contributed by atoms with E-state index in [0.717, 1.165) is 24.9 Å². The molecule has 3 nitrogen and oxygen atoms in total. The van der Waals surface area contributed by atoms with Gasteiger partial charge in [-0.2, -0.15) is 0 Å². The topological polar surface area (TPSA) is 47.3 Å². The van der Waals surface area contributed by atoms with Crippen LogP contribution in [0.5, 0.6) is 5.75 Å². The third kappa shape index (κ3) is 3.33. The number of nitrogens with two attached hydrogens (primary N) is 1. The van der Waals surface area contributed by atoms with E-state index in [4.69, 9.17) is 10.6 Å². The van der Waals surface area contributed by atoms with Crippen molar-refractivity contribution in [2.24, 2.45) is 5.84 Å². The Hall–Kier alpha value is -0.630. The highest BCUT2D eigenvalue weighted by Gasteiger charge is 2.19. The van der Waals surface area contributed by atoms with Gasteiger partial charge in [-0.15, -0.1) is 0 Å². The second-order valence-corrected chi connectivity index (χ2v) is 6.59. The average molecular weight is 447 g/mol. The maximum absolute atomic E-state index is 5.81. The van der Waals surface area contributed by atoms with Gasteiger partial charge in [-0.25, -0.2) is 5.43 Å². The first-order valence-corrected chi connectivity index (χ1v) is 7.99. The second kappa shape index (κ2) is 6.89. The van der Waals surface area contributed by atoms with Crippen LogP contribution in [0.15, 0.2) is 40.9 Å². The Morgan fingerprint density at radius 3 is 2.60 bits per heavy atom. The molecule has 0 aromatic heterocycles. The van der Waals surface area contributed by atoms with Gasteiger partial charge in [0.15, 0.2) is 0 Å². The summed E-state index contributed by atoms with van der Waals surface area (Å²) in [6, 6.07) is 12.1. The van der Waals surface area contributed by atoms with E-state index in [1.165, 1.54) is 5.56 Å². The summed E-state index contributed by atoms with van der Waals surface area (Å²) in [6.07, 6.45) is 0. The Morgan fingerprint density at radius 2 is 1.95 bits per heavy atom. The number of nitrogens with one attached hydrogen (secondary N) is 1. The lowest BCUT2D eigenvalue weighted by Gasteiger charge is -2.21. The summed E-state index contributed by atoms with van der Waals surface area (Å²) in [5.41, 5.74) is 6.22. The number of ether oxygens (including phenoxy) is 1. The van der Waals surface area contributed by atoms with Crippen molar-refractivity contribution in [2.45, 2.75) is 13.0 Å². The lowest BCUT2D eigenvalue weighted by Crippen LogP contribution is -2.29. The number of benzene rings is 2. The molecule has 0 spiro atoms. The molecule has 0 amide bonds. The molecule has 2 rings (SSSR count). The van der Waals surface area contributed by atoms with Gasteiger partial charge < -0.3 is 4.74 Å². The van der Waals surface area contributed by atoms with E-state index in [2.05, 4.69) is 69.1 Å². The van der Waals surface area contributed by atoms with E-state index in [1.807, 2.05) is 18.2 Å². The normalized spacial score (nSPS) is 12.2. The third-order valence-corrected chi connectivity index (χ3v) is 4.61. The summed E-state index contributed by atoms with van der Waals surface area (Å²) in [5, 5.41) is 0. The van der Waals surface area contributed by atoms with Crippen molar-refractivity contribution in [3.8, 4) is 5.75 Å². The van der Waals surface area contributed by atoms with E-state index in [1.54, 1.807) is 7.11 Å². The minimum Gasteiger partial charge on any atom is -0.496 e. The number of methoxy groups -OCH3 is 1. The second-order valence-electron chi connectivity index (χ2n) is 4.51. The molecule has 0 aliphatic carbocycles. The molecule has 1 unspecified atom stereocenters. The molecule has 2 aromatic carbocycles. The van der Waals surface area contributed by atoms with Gasteiger partial charge in [0.05, 0.1) is 13.2 Å². The van der Waals surface area contributed by atoms with Crippen LogP contribution in [0.1, 0.15) is 22.7 Å². The number of halogens is 2. The highest BCUT2D eigenvalue weighted by molar-refractivity contribution is 14.1. The molecule has 0 aliphatic heterocycles. The molecule has 5 heteroatoms. The van der Waals surface area contributed by atoms with Gasteiger partial charge in [-0.05, 0) is 59.3 Å². The first kappa shape index (κ1) is 15.8. The van der Waals surface area contributed by atoms with Crippen molar-refractivity contribution in [3.63, 3.8) is 0 Å². The quantitative estimate of drug-likeness (QED) is 0.425. The van der Waals surface area contributed by atoms with Crippen LogP contribution in [0.25, 0.3) is 0 Å². The van der Waals surface area contributed by atoms with Crippen molar-refractivity contribution in [2.75, 3.05) is 7.11 Å². The fourth-order valence-corrected chi connectivity index (χ4v) is 3.19. The predicted molar refractivity (Wildman–Crippen MR) is 93.8 cm³/mol. The molecule has 106 valence electrons. The van der Waals surface area contributed by atoms with Crippen molar-refractivity contribution < 1.29 is 4.74 Å². The number of rotatable bonds is 4. The fourth-order valence-electron chi connectivity index (χ4n) is 2.16. The maximum Gasteiger partial charge on any atom is 0.124 e. The summed E-state index contributed by atoms with van der Waals surface area (Å²) in [4.78, 5) is 0. The number of hydrazine groups is 1. The fraction of sp³-hybridized carbons (Fsp3) is 0.200. The molecule has 1 atom stereocenters. The Labute approximate surface area is 141 Å². The van der Waals surface area contributed by atoms with Crippen molar-refractivity contribution in [1.82, 2.24) is 5.43 Å². The molecule has 3 N–H and O–H groups in total. The zero-order valence-corrected chi connectivity index (χ0v) is 15.0. The average Bonchev–Trinajstić information content (AvgIpc) is 2.44. The molecule has 0 saturated carbocycles. The Bertz CT molecular complexity index is 619. The van der Waals surface area contributed by atoms with Gasteiger partial charge in [0.25, 0.3) is 0 Å². The van der Waals surface area contributed by atoms with Crippen LogP contribution in [0.3, 0.4) is 0 Å². The van der Waals surface area contributed by atoms with Crippen molar-refractivity contribution in [1.29, 1.82) is 0 Å². The van der Waals surface area contributed by atoms with Crippen LogP contribution >= 0.6 is 38.5 Å². The first-order chi connectivity index (χ1) is 9.56. The van der Waals surface area contributed by atoms with E-state index in [-0.39, 0.29) is 6.04 Å². The van der Waals surface area contributed by atoms with Gasteiger partial charge in [-0.3, -0.25) is 5.84 Å². The zero-order valence-electron chi connectivity index (χ0n) is 11.3. The van der Waals surface area contributed by atoms with Crippen LogP contribution in [0.4, 0.5) is 0 Å². The summed E-state index contributed by atoms with van der Waals surface area (Å²) in [5.74, 6) is 6.63. The largest absolute Gasteiger partial charge is 0.496 e. The molecule has 0 fully saturated rings. The standard InChI is InChI=1S/C15H16BrIN2O/c1-9-3-6-14(20-2)12(7-9)15(19-18)11-8-10(16)4-5-13(11)17/h3-8,15,19H,18H2,1-2H3. The Kier molecular flexibility index (Phi) is 5.42. The van der Waals surface area contributed by atoms with E-state index >= 15 is 0 Å². The Balaban J connectivity index is 2.57. The number of aryl methyl sites for hydroxylation is 1. The lowest BCUT2D eigenvalue weighted by molar-refractivity contribution is 0.404. The first-order valence-electron chi connectivity index (χ1n) is 6.12. The van der Waals surface area contributed by atoms with Crippen LogP contribution in [-0.2, 0) is 0 Å². The summed E-state index contributed by atoms with van der Waals surface area (Å²) in [6.45, 7) is 2.06. The van der Waals surface area contributed by atoms with Crippen LogP contribution in [0.2, 0.25) is 0 Å². The van der Waals surface area contributed by atoms with Crippen LogP contribution in [0, 0.1) is 10.5 Å². The molecule has 0 aliphatic rings. The SMILES string of the molecule is COc1ccc(C)cc1C(NN)c1cc(Br)ccc1I. The molecule has 0 heterocycles. The molecular formula is C15H16BrIN2O. The molecule has 2 aromatic rings. The number of hydrogen-bond donors (Lipinski definition) is 2. The van der Waals surface area contributed by atoms with Crippen LogP contribution in [-0.4, -0.2) is 7.11 Å². The molecule has 0 radical (unpaired) electrons. The monoisotopic (exact) mass is 446 g/mol. The molecular weight excluding hydrogens is 431 g/mol. The van der Waals surface area contributed by atoms with Crippen molar-refractivity contribution >= 4 is 38.5 Å². The van der Waals surface area contributed by atoms with Gasteiger partial charge >= 0.3 is 0 Å². The minimum absolute atomic E-state index is 0.116. The van der Waals surface area contributed by atoms with Gasteiger partial charge in [0.2, 0.25) is 0 Å². The summed E-state index contributed by atoms with van der Waals surface area (Å²) >= 11 is 5.83. The summed E-state index contributed by atoms with van der Waals surface area (Å²) in [7, 11) is 1.67. The maximum atomic E-state index is 5.81. The predicted octanol–water partition coefficient (Wildman–Crippen LogP) is 3.92. The van der Waals surface area contributed by atoms with E-state index < -0.39 is 0 Å². The van der Waals surface area contributed by atoms with E-state index in [9.17, 15) is 0 Å². The minimum atomic E-state index is -0.116.